The summed E-state index contributed by atoms with van der Waals surface area (Å²) in [7, 11) is 0. The van der Waals surface area contributed by atoms with E-state index in [1.54, 1.807) is 12.4 Å². The molecule has 5 nitrogen and oxygen atoms in total. The van der Waals surface area contributed by atoms with Crippen LogP contribution >= 0.6 is 0 Å². The van der Waals surface area contributed by atoms with Gasteiger partial charge in [0.2, 0.25) is 5.91 Å². The average molecular weight is 324 g/mol. The first-order valence-corrected chi connectivity index (χ1v) is 8.15. The predicted octanol–water partition coefficient (Wildman–Crippen LogP) is 2.99. The Labute approximate surface area is 141 Å². The van der Waals surface area contributed by atoms with Crippen LogP contribution in [0, 0.1) is 0 Å². The monoisotopic (exact) mass is 324 g/mol. The van der Waals surface area contributed by atoms with Crippen LogP contribution in [-0.4, -0.2) is 34.5 Å². The van der Waals surface area contributed by atoms with Crippen molar-refractivity contribution in [3.63, 3.8) is 0 Å². The molecule has 124 valence electrons. The van der Waals surface area contributed by atoms with E-state index in [0.29, 0.717) is 19.3 Å². The van der Waals surface area contributed by atoms with E-state index in [1.807, 2.05) is 42.5 Å². The molecule has 0 radical (unpaired) electrons. The molecule has 24 heavy (non-hydrogen) atoms. The molecule has 2 amide bonds. The summed E-state index contributed by atoms with van der Waals surface area (Å²) in [5.74, 6) is -0.160. The van der Waals surface area contributed by atoms with Crippen molar-refractivity contribution in [2.75, 3.05) is 6.61 Å². The minimum Gasteiger partial charge on any atom is -0.447 e. The van der Waals surface area contributed by atoms with Crippen molar-refractivity contribution in [2.45, 2.75) is 31.7 Å². The molecule has 0 saturated carbocycles. The summed E-state index contributed by atoms with van der Waals surface area (Å²) in [6, 6.07) is 13.5. The summed E-state index contributed by atoms with van der Waals surface area (Å²) in [4.78, 5) is 29.6. The number of ether oxygens (including phenoxy) is 1. The van der Waals surface area contributed by atoms with Crippen LogP contribution in [0.3, 0.4) is 0 Å². The Bertz CT molecular complexity index is 688. The molecule has 1 atom stereocenters. The number of pyridine rings is 1. The third-order valence-electron chi connectivity index (χ3n) is 4.15. The van der Waals surface area contributed by atoms with E-state index in [-0.39, 0.29) is 18.6 Å². The van der Waals surface area contributed by atoms with E-state index in [9.17, 15) is 9.59 Å². The molecule has 0 bridgehead atoms. The normalized spacial score (nSPS) is 16.9. The number of aromatic nitrogens is 1. The van der Waals surface area contributed by atoms with Gasteiger partial charge in [-0.1, -0.05) is 30.3 Å². The topological polar surface area (TPSA) is 59.5 Å². The van der Waals surface area contributed by atoms with Gasteiger partial charge in [-0.05, 0) is 42.5 Å². The Kier molecular flexibility index (Phi) is 5.21. The zero-order chi connectivity index (χ0) is 16.8. The predicted molar refractivity (Wildman–Crippen MR) is 89.3 cm³/mol. The maximum Gasteiger partial charge on any atom is 0.416 e. The highest BCUT2D eigenvalue weighted by Crippen LogP contribution is 2.19. The Balaban J connectivity index is 1.56. The van der Waals surface area contributed by atoms with E-state index in [1.165, 1.54) is 4.90 Å². The molecular formula is C19H20N2O3. The highest BCUT2D eigenvalue weighted by molar-refractivity contribution is 5.93. The zero-order valence-corrected chi connectivity index (χ0v) is 13.4. The third-order valence-corrected chi connectivity index (χ3v) is 4.15. The van der Waals surface area contributed by atoms with Gasteiger partial charge in [-0.2, -0.15) is 0 Å². The second-order valence-electron chi connectivity index (χ2n) is 5.89. The molecule has 1 aliphatic heterocycles. The lowest BCUT2D eigenvalue weighted by atomic mass is 10.0. The molecule has 0 aliphatic carbocycles. The van der Waals surface area contributed by atoms with Gasteiger partial charge in [0.1, 0.15) is 6.61 Å². The summed E-state index contributed by atoms with van der Waals surface area (Å²) in [5.41, 5.74) is 2.23. The molecule has 5 heteroatoms. The number of cyclic esters (lactones) is 1. The number of carbonyl (C=O) groups excluding carboxylic acids is 2. The minimum atomic E-state index is -0.523. The number of aryl methyl sites for hydroxylation is 1. The number of carbonyl (C=O) groups is 2. The third kappa shape index (κ3) is 3.98. The second kappa shape index (κ2) is 7.73. The summed E-state index contributed by atoms with van der Waals surface area (Å²) >= 11 is 0. The maximum atomic E-state index is 12.5. The van der Waals surface area contributed by atoms with Crippen molar-refractivity contribution in [3.05, 3.63) is 66.0 Å². The average Bonchev–Trinajstić information content (AvgIpc) is 2.97. The standard InChI is InChI=1S/C19H20N2O3/c22-18(8-4-7-15-9-11-20-12-10-15)21-17(14-24-19(21)23)13-16-5-2-1-3-6-16/h1-3,5-6,9-12,17H,4,7-8,13-14H2/t17-/m0/s1. The van der Waals surface area contributed by atoms with Crippen LogP contribution in [0.1, 0.15) is 24.0 Å². The van der Waals surface area contributed by atoms with Crippen LogP contribution in [0.4, 0.5) is 4.79 Å². The largest absolute Gasteiger partial charge is 0.447 e. The molecule has 1 saturated heterocycles. The molecular weight excluding hydrogens is 304 g/mol. The van der Waals surface area contributed by atoms with Gasteiger partial charge in [0.05, 0.1) is 6.04 Å². The van der Waals surface area contributed by atoms with Crippen LogP contribution < -0.4 is 0 Å². The molecule has 0 N–H and O–H groups in total. The number of hydrogen-bond donors (Lipinski definition) is 0. The van der Waals surface area contributed by atoms with Crippen LogP contribution in [0.25, 0.3) is 0 Å². The van der Waals surface area contributed by atoms with Crippen LogP contribution in [0.5, 0.6) is 0 Å². The number of imide groups is 1. The van der Waals surface area contributed by atoms with Gasteiger partial charge in [-0.15, -0.1) is 0 Å². The lowest BCUT2D eigenvalue weighted by Gasteiger charge is -2.19. The van der Waals surface area contributed by atoms with Crippen LogP contribution in [0.15, 0.2) is 54.9 Å². The van der Waals surface area contributed by atoms with E-state index in [4.69, 9.17) is 4.74 Å². The SMILES string of the molecule is O=C(CCCc1ccncc1)N1C(=O)OC[C@@H]1Cc1ccccc1. The minimum absolute atomic E-state index is 0.160. The zero-order valence-electron chi connectivity index (χ0n) is 13.4. The fraction of sp³-hybridized carbons (Fsp3) is 0.316. The number of rotatable bonds is 6. The van der Waals surface area contributed by atoms with Crippen LogP contribution in [0.2, 0.25) is 0 Å². The van der Waals surface area contributed by atoms with Crippen molar-refractivity contribution in [3.8, 4) is 0 Å². The molecule has 3 rings (SSSR count). The first-order chi connectivity index (χ1) is 11.7. The molecule has 0 spiro atoms. The van der Waals surface area contributed by atoms with Gasteiger partial charge >= 0.3 is 6.09 Å². The van der Waals surface area contributed by atoms with E-state index < -0.39 is 6.09 Å². The van der Waals surface area contributed by atoms with Gasteiger partial charge in [0.25, 0.3) is 0 Å². The summed E-state index contributed by atoms with van der Waals surface area (Å²) in [6.07, 6.45) is 5.41. The van der Waals surface area contributed by atoms with E-state index in [2.05, 4.69) is 4.98 Å². The van der Waals surface area contributed by atoms with Gasteiger partial charge in [0.15, 0.2) is 0 Å². The number of nitrogens with zero attached hydrogens (tertiary/aromatic N) is 2. The highest BCUT2D eigenvalue weighted by Gasteiger charge is 2.37. The first kappa shape index (κ1) is 16.2. The maximum absolute atomic E-state index is 12.5. The Hall–Kier alpha value is -2.69. The lowest BCUT2D eigenvalue weighted by molar-refractivity contribution is -0.129. The fourth-order valence-corrected chi connectivity index (χ4v) is 2.92. The quantitative estimate of drug-likeness (QED) is 0.819. The number of amides is 2. The molecule has 1 aromatic heterocycles. The van der Waals surface area contributed by atoms with E-state index in [0.717, 1.165) is 17.5 Å². The molecule has 0 unspecified atom stereocenters. The summed E-state index contributed by atoms with van der Waals surface area (Å²) in [5, 5.41) is 0. The molecule has 2 heterocycles. The molecule has 2 aromatic rings. The molecule has 1 fully saturated rings. The van der Waals surface area contributed by atoms with Gasteiger partial charge < -0.3 is 4.74 Å². The Morgan fingerprint density at radius 2 is 1.88 bits per heavy atom. The lowest BCUT2D eigenvalue weighted by Crippen LogP contribution is -2.40. The second-order valence-corrected chi connectivity index (χ2v) is 5.89. The Morgan fingerprint density at radius 1 is 1.12 bits per heavy atom. The van der Waals surface area contributed by atoms with Gasteiger partial charge in [-0.3, -0.25) is 9.78 Å². The summed E-state index contributed by atoms with van der Waals surface area (Å²) in [6.45, 7) is 0.268. The highest BCUT2D eigenvalue weighted by atomic mass is 16.6. The molecule has 1 aliphatic rings. The molecule has 1 aromatic carbocycles. The van der Waals surface area contributed by atoms with Crippen molar-refractivity contribution in [1.29, 1.82) is 0 Å². The van der Waals surface area contributed by atoms with Gasteiger partial charge in [-0.25, -0.2) is 9.69 Å². The van der Waals surface area contributed by atoms with Crippen molar-refractivity contribution in [2.24, 2.45) is 0 Å². The van der Waals surface area contributed by atoms with Gasteiger partial charge in [0, 0.05) is 18.8 Å². The fourth-order valence-electron chi connectivity index (χ4n) is 2.92. The van der Waals surface area contributed by atoms with Crippen molar-refractivity contribution >= 4 is 12.0 Å². The van der Waals surface area contributed by atoms with E-state index >= 15 is 0 Å². The summed E-state index contributed by atoms with van der Waals surface area (Å²) < 4.78 is 5.09. The smallest absolute Gasteiger partial charge is 0.416 e. The van der Waals surface area contributed by atoms with Crippen molar-refractivity contribution < 1.29 is 14.3 Å². The number of hydrogen-bond acceptors (Lipinski definition) is 4. The number of benzene rings is 1. The van der Waals surface area contributed by atoms with Crippen LogP contribution in [-0.2, 0) is 22.4 Å². The first-order valence-electron chi connectivity index (χ1n) is 8.15. The van der Waals surface area contributed by atoms with Crippen molar-refractivity contribution in [1.82, 2.24) is 9.88 Å². The Morgan fingerprint density at radius 3 is 2.62 bits per heavy atom.